The Bertz CT molecular complexity index is 681. The van der Waals surface area contributed by atoms with E-state index >= 15 is 0 Å². The molecule has 4 heteroatoms. The van der Waals surface area contributed by atoms with Crippen LogP contribution in [0.1, 0.15) is 28.8 Å². The van der Waals surface area contributed by atoms with E-state index in [2.05, 4.69) is 17.0 Å². The molecule has 0 spiro atoms. The molecule has 4 nitrogen and oxygen atoms in total. The van der Waals surface area contributed by atoms with Gasteiger partial charge < -0.3 is 16.4 Å². The van der Waals surface area contributed by atoms with Crippen molar-refractivity contribution in [1.29, 1.82) is 0 Å². The van der Waals surface area contributed by atoms with Crippen molar-refractivity contribution in [3.8, 4) is 0 Å². The van der Waals surface area contributed by atoms with E-state index in [4.69, 9.17) is 11.5 Å². The number of primary amides is 1. The number of benzene rings is 2. The standard InChI is InChI=1S/C17H19N3O/c18-14-9-5-8-13(17(19)21)16(14)20-11-4-3-7-12-6-1-2-10-15(12)20/h1-2,5-6,8-10H,3-4,7,11,18H2,(H2,19,21). The van der Waals surface area contributed by atoms with Crippen LogP contribution in [0.3, 0.4) is 0 Å². The SMILES string of the molecule is NC(=O)c1cccc(N)c1N1CCCCc2ccccc21. The molecule has 0 bridgehead atoms. The summed E-state index contributed by atoms with van der Waals surface area (Å²) >= 11 is 0. The zero-order valence-electron chi connectivity index (χ0n) is 11.9. The Morgan fingerprint density at radius 3 is 2.67 bits per heavy atom. The quantitative estimate of drug-likeness (QED) is 0.831. The fourth-order valence-electron chi connectivity index (χ4n) is 2.99. The van der Waals surface area contributed by atoms with Gasteiger partial charge in [-0.25, -0.2) is 0 Å². The predicted octanol–water partition coefficient (Wildman–Crippen LogP) is 2.84. The minimum absolute atomic E-state index is 0.445. The van der Waals surface area contributed by atoms with Crippen molar-refractivity contribution in [3.63, 3.8) is 0 Å². The summed E-state index contributed by atoms with van der Waals surface area (Å²) in [5, 5.41) is 0. The summed E-state index contributed by atoms with van der Waals surface area (Å²) in [5.74, 6) is -0.445. The van der Waals surface area contributed by atoms with E-state index < -0.39 is 5.91 Å². The first kappa shape index (κ1) is 13.5. The number of carbonyl (C=O) groups is 1. The van der Waals surface area contributed by atoms with Crippen molar-refractivity contribution in [2.45, 2.75) is 19.3 Å². The topological polar surface area (TPSA) is 72.3 Å². The summed E-state index contributed by atoms with van der Waals surface area (Å²) in [6.45, 7) is 0.839. The highest BCUT2D eigenvalue weighted by Gasteiger charge is 2.22. The number of carbonyl (C=O) groups excluding carboxylic acids is 1. The fourth-order valence-corrected chi connectivity index (χ4v) is 2.99. The summed E-state index contributed by atoms with van der Waals surface area (Å²) in [6.07, 6.45) is 3.23. The molecule has 0 saturated heterocycles. The first-order valence-electron chi connectivity index (χ1n) is 7.22. The van der Waals surface area contributed by atoms with Gasteiger partial charge in [-0.15, -0.1) is 0 Å². The molecule has 2 aromatic carbocycles. The lowest BCUT2D eigenvalue weighted by atomic mass is 10.1. The van der Waals surface area contributed by atoms with Crippen LogP contribution in [0.4, 0.5) is 17.1 Å². The van der Waals surface area contributed by atoms with Crippen LogP contribution >= 0.6 is 0 Å². The molecule has 0 aromatic heterocycles. The van der Waals surface area contributed by atoms with Gasteiger partial charge in [0.1, 0.15) is 0 Å². The molecule has 4 N–H and O–H groups in total. The second-order valence-electron chi connectivity index (χ2n) is 5.35. The molecule has 0 radical (unpaired) electrons. The van der Waals surface area contributed by atoms with Gasteiger partial charge in [-0.2, -0.15) is 0 Å². The van der Waals surface area contributed by atoms with Crippen molar-refractivity contribution in [1.82, 2.24) is 0 Å². The van der Waals surface area contributed by atoms with Crippen LogP contribution in [-0.4, -0.2) is 12.5 Å². The molecular weight excluding hydrogens is 262 g/mol. The van der Waals surface area contributed by atoms with Gasteiger partial charge in [0.2, 0.25) is 0 Å². The van der Waals surface area contributed by atoms with Gasteiger partial charge in [0.05, 0.1) is 16.9 Å². The van der Waals surface area contributed by atoms with Gasteiger partial charge in [0.15, 0.2) is 0 Å². The Hall–Kier alpha value is -2.49. The van der Waals surface area contributed by atoms with Gasteiger partial charge in [0, 0.05) is 12.2 Å². The Balaban J connectivity index is 2.19. The van der Waals surface area contributed by atoms with Crippen LogP contribution in [0.5, 0.6) is 0 Å². The number of anilines is 3. The molecule has 0 unspecified atom stereocenters. The molecule has 1 amide bonds. The first-order valence-corrected chi connectivity index (χ1v) is 7.22. The molecule has 3 rings (SSSR count). The van der Waals surface area contributed by atoms with Gasteiger partial charge in [-0.05, 0) is 43.0 Å². The van der Waals surface area contributed by atoms with Gasteiger partial charge in [-0.1, -0.05) is 24.3 Å². The molecule has 1 aliphatic rings. The van der Waals surface area contributed by atoms with Gasteiger partial charge >= 0.3 is 0 Å². The number of nitrogens with zero attached hydrogens (tertiary/aromatic N) is 1. The zero-order chi connectivity index (χ0) is 14.8. The Kier molecular flexibility index (Phi) is 3.52. The average molecular weight is 281 g/mol. The highest BCUT2D eigenvalue weighted by Crippen LogP contribution is 2.37. The molecular formula is C17H19N3O. The smallest absolute Gasteiger partial charge is 0.250 e. The molecule has 2 aromatic rings. The highest BCUT2D eigenvalue weighted by molar-refractivity contribution is 6.02. The number of hydrogen-bond donors (Lipinski definition) is 2. The number of aryl methyl sites for hydroxylation is 1. The molecule has 21 heavy (non-hydrogen) atoms. The third kappa shape index (κ3) is 2.44. The summed E-state index contributed by atoms with van der Waals surface area (Å²) in [4.78, 5) is 13.9. The van der Waals surface area contributed by atoms with Crippen molar-refractivity contribution in [2.75, 3.05) is 17.2 Å². The first-order chi connectivity index (χ1) is 10.2. The number of amides is 1. The molecule has 0 saturated carbocycles. The van der Waals surface area contributed by atoms with Crippen LogP contribution < -0.4 is 16.4 Å². The number of nitrogen functional groups attached to an aromatic ring is 1. The van der Waals surface area contributed by atoms with E-state index in [0.29, 0.717) is 11.3 Å². The van der Waals surface area contributed by atoms with Gasteiger partial charge in [-0.3, -0.25) is 4.79 Å². The van der Waals surface area contributed by atoms with E-state index in [1.54, 1.807) is 12.1 Å². The highest BCUT2D eigenvalue weighted by atomic mass is 16.1. The Morgan fingerprint density at radius 2 is 1.86 bits per heavy atom. The van der Waals surface area contributed by atoms with E-state index in [1.807, 2.05) is 18.2 Å². The van der Waals surface area contributed by atoms with E-state index in [9.17, 15) is 4.79 Å². The third-order valence-corrected chi connectivity index (χ3v) is 3.96. The lowest BCUT2D eigenvalue weighted by Gasteiger charge is -2.28. The number of nitrogens with two attached hydrogens (primary N) is 2. The monoisotopic (exact) mass is 281 g/mol. The summed E-state index contributed by atoms with van der Waals surface area (Å²) in [5.41, 5.74) is 15.9. The number of para-hydroxylation sites is 2. The molecule has 108 valence electrons. The third-order valence-electron chi connectivity index (χ3n) is 3.96. The second kappa shape index (κ2) is 5.48. The summed E-state index contributed by atoms with van der Waals surface area (Å²) in [6, 6.07) is 13.6. The maximum absolute atomic E-state index is 11.8. The molecule has 0 fully saturated rings. The van der Waals surface area contributed by atoms with Crippen LogP contribution in [0.2, 0.25) is 0 Å². The largest absolute Gasteiger partial charge is 0.397 e. The predicted molar refractivity (Wildman–Crippen MR) is 85.8 cm³/mol. The summed E-state index contributed by atoms with van der Waals surface area (Å²) < 4.78 is 0. The van der Waals surface area contributed by atoms with E-state index in [1.165, 1.54) is 5.56 Å². The number of hydrogen-bond acceptors (Lipinski definition) is 3. The zero-order valence-corrected chi connectivity index (χ0v) is 11.9. The van der Waals surface area contributed by atoms with E-state index in [-0.39, 0.29) is 0 Å². The van der Waals surface area contributed by atoms with Crippen LogP contribution in [0, 0.1) is 0 Å². The van der Waals surface area contributed by atoms with E-state index in [0.717, 1.165) is 37.2 Å². The van der Waals surface area contributed by atoms with Crippen LogP contribution in [-0.2, 0) is 6.42 Å². The maximum Gasteiger partial charge on any atom is 0.250 e. The normalized spacial score (nSPS) is 14.4. The van der Waals surface area contributed by atoms with Crippen molar-refractivity contribution < 1.29 is 4.79 Å². The lowest BCUT2D eigenvalue weighted by molar-refractivity contribution is 0.100. The molecule has 1 heterocycles. The van der Waals surface area contributed by atoms with Crippen molar-refractivity contribution in [2.24, 2.45) is 5.73 Å². The van der Waals surface area contributed by atoms with Crippen molar-refractivity contribution in [3.05, 3.63) is 53.6 Å². The average Bonchev–Trinajstić information content (AvgIpc) is 2.69. The number of fused-ring (bicyclic) bond motifs is 1. The lowest BCUT2D eigenvalue weighted by Crippen LogP contribution is -2.24. The molecule has 0 aliphatic carbocycles. The van der Waals surface area contributed by atoms with Crippen LogP contribution in [0.25, 0.3) is 0 Å². The Morgan fingerprint density at radius 1 is 1.05 bits per heavy atom. The minimum atomic E-state index is -0.445. The molecule has 1 aliphatic heterocycles. The summed E-state index contributed by atoms with van der Waals surface area (Å²) in [7, 11) is 0. The number of rotatable bonds is 2. The second-order valence-corrected chi connectivity index (χ2v) is 5.35. The fraction of sp³-hybridized carbons (Fsp3) is 0.235. The van der Waals surface area contributed by atoms with Crippen molar-refractivity contribution >= 4 is 23.0 Å². The van der Waals surface area contributed by atoms with Crippen LogP contribution in [0.15, 0.2) is 42.5 Å². The molecule has 0 atom stereocenters. The maximum atomic E-state index is 11.8. The Labute approximate surface area is 124 Å². The minimum Gasteiger partial charge on any atom is -0.397 e. The van der Waals surface area contributed by atoms with Gasteiger partial charge in [0.25, 0.3) is 5.91 Å².